The van der Waals surface area contributed by atoms with Crippen LogP contribution in [0.5, 0.6) is 5.75 Å². The maximum absolute atomic E-state index is 11.3. The molecular weight excluding hydrogens is 382 g/mol. The van der Waals surface area contributed by atoms with Crippen molar-refractivity contribution in [1.82, 2.24) is 19.6 Å². The number of pyridine rings is 1. The lowest BCUT2D eigenvalue weighted by atomic mass is 10.1. The molecule has 30 heavy (non-hydrogen) atoms. The van der Waals surface area contributed by atoms with Gasteiger partial charge in [-0.3, -0.25) is 19.4 Å². The van der Waals surface area contributed by atoms with E-state index in [2.05, 4.69) is 17.1 Å². The predicted molar refractivity (Wildman–Crippen MR) is 116 cm³/mol. The van der Waals surface area contributed by atoms with Crippen molar-refractivity contribution < 1.29 is 9.66 Å². The van der Waals surface area contributed by atoms with Crippen molar-refractivity contribution >= 4 is 11.3 Å². The van der Waals surface area contributed by atoms with Gasteiger partial charge in [0.05, 0.1) is 29.1 Å². The lowest BCUT2D eigenvalue weighted by Crippen LogP contribution is -2.28. The Labute approximate surface area is 175 Å². The SMILES string of the molecule is CCCOc1ccc(-c2nc3ccc([N+](=O)[O-])cn3c2CN2CCCNCC2)cc1. The first-order valence-electron chi connectivity index (χ1n) is 10.5. The lowest BCUT2D eigenvalue weighted by molar-refractivity contribution is -0.385. The maximum atomic E-state index is 11.3. The average molecular weight is 409 g/mol. The van der Waals surface area contributed by atoms with Gasteiger partial charge in [-0.05, 0) is 56.3 Å². The summed E-state index contributed by atoms with van der Waals surface area (Å²) in [4.78, 5) is 18.2. The maximum Gasteiger partial charge on any atom is 0.286 e. The molecule has 8 heteroatoms. The fourth-order valence-electron chi connectivity index (χ4n) is 3.77. The summed E-state index contributed by atoms with van der Waals surface area (Å²) in [6.45, 7) is 7.33. The third-order valence-corrected chi connectivity index (χ3v) is 5.32. The van der Waals surface area contributed by atoms with E-state index in [0.717, 1.165) is 61.7 Å². The summed E-state index contributed by atoms with van der Waals surface area (Å²) < 4.78 is 7.57. The van der Waals surface area contributed by atoms with Gasteiger partial charge in [-0.25, -0.2) is 4.98 Å². The molecule has 158 valence electrons. The Morgan fingerprint density at radius 3 is 2.77 bits per heavy atom. The van der Waals surface area contributed by atoms with Gasteiger partial charge in [0, 0.05) is 31.3 Å². The highest BCUT2D eigenvalue weighted by Gasteiger charge is 2.20. The second-order valence-corrected chi connectivity index (χ2v) is 7.53. The Bertz CT molecular complexity index is 1010. The van der Waals surface area contributed by atoms with Crippen molar-refractivity contribution in [2.45, 2.75) is 26.3 Å². The first-order valence-corrected chi connectivity index (χ1v) is 10.5. The third kappa shape index (κ3) is 4.44. The number of aromatic nitrogens is 2. The molecule has 2 aromatic heterocycles. The Morgan fingerprint density at radius 1 is 1.17 bits per heavy atom. The average Bonchev–Trinajstić information content (AvgIpc) is 2.92. The molecule has 1 aliphatic rings. The molecule has 1 fully saturated rings. The summed E-state index contributed by atoms with van der Waals surface area (Å²) in [5.74, 6) is 0.833. The summed E-state index contributed by atoms with van der Waals surface area (Å²) in [5, 5.41) is 14.8. The summed E-state index contributed by atoms with van der Waals surface area (Å²) in [5.41, 5.74) is 3.58. The monoisotopic (exact) mass is 409 g/mol. The van der Waals surface area contributed by atoms with Crippen molar-refractivity contribution in [3.8, 4) is 17.0 Å². The van der Waals surface area contributed by atoms with Crippen LogP contribution in [-0.4, -0.2) is 52.0 Å². The molecule has 8 nitrogen and oxygen atoms in total. The van der Waals surface area contributed by atoms with Crippen molar-refractivity contribution in [2.24, 2.45) is 0 Å². The normalized spacial score (nSPS) is 15.2. The molecule has 1 saturated heterocycles. The van der Waals surface area contributed by atoms with Crippen LogP contribution in [0.4, 0.5) is 5.69 Å². The molecule has 0 atom stereocenters. The summed E-state index contributed by atoms with van der Waals surface area (Å²) in [7, 11) is 0. The molecule has 0 amide bonds. The van der Waals surface area contributed by atoms with Crippen LogP contribution < -0.4 is 10.1 Å². The number of benzene rings is 1. The summed E-state index contributed by atoms with van der Waals surface area (Å²) in [6, 6.07) is 11.2. The van der Waals surface area contributed by atoms with Gasteiger partial charge in [0.2, 0.25) is 0 Å². The molecule has 1 N–H and O–H groups in total. The van der Waals surface area contributed by atoms with Crippen LogP contribution >= 0.6 is 0 Å². The third-order valence-electron chi connectivity index (χ3n) is 5.32. The van der Waals surface area contributed by atoms with Crippen LogP contribution in [0.1, 0.15) is 25.5 Å². The highest BCUT2D eigenvalue weighted by Crippen LogP contribution is 2.29. The molecule has 0 radical (unpaired) electrons. The second-order valence-electron chi connectivity index (χ2n) is 7.53. The standard InChI is InChI=1S/C22H27N5O3/c1-2-14-30-19-7-4-17(5-8-19)22-20(16-25-12-3-10-23-11-13-25)26-15-18(27(28)29)6-9-21(26)24-22/h4-9,15,23H,2-3,10-14,16H2,1H3. The fraction of sp³-hybridized carbons (Fsp3) is 0.409. The van der Waals surface area contributed by atoms with Crippen LogP contribution in [0.2, 0.25) is 0 Å². The van der Waals surface area contributed by atoms with Crippen LogP contribution in [-0.2, 0) is 6.54 Å². The lowest BCUT2D eigenvalue weighted by Gasteiger charge is -2.20. The van der Waals surface area contributed by atoms with Gasteiger partial charge < -0.3 is 10.1 Å². The second kappa shape index (κ2) is 9.23. The van der Waals surface area contributed by atoms with E-state index < -0.39 is 0 Å². The first-order chi connectivity index (χ1) is 14.7. The number of nitrogens with one attached hydrogen (secondary N) is 1. The summed E-state index contributed by atoms with van der Waals surface area (Å²) >= 11 is 0. The predicted octanol–water partition coefficient (Wildman–Crippen LogP) is 3.49. The van der Waals surface area contributed by atoms with E-state index in [0.29, 0.717) is 18.8 Å². The number of hydrogen-bond acceptors (Lipinski definition) is 6. The molecule has 0 bridgehead atoms. The Hall–Kier alpha value is -2.97. The number of ether oxygens (including phenoxy) is 1. The van der Waals surface area contributed by atoms with E-state index in [1.165, 1.54) is 6.07 Å². The minimum atomic E-state index is -0.362. The van der Waals surface area contributed by atoms with Gasteiger partial charge in [-0.1, -0.05) is 6.92 Å². The number of rotatable bonds is 7. The zero-order valence-electron chi connectivity index (χ0n) is 17.2. The number of hydrogen-bond donors (Lipinski definition) is 1. The summed E-state index contributed by atoms with van der Waals surface area (Å²) in [6.07, 6.45) is 3.62. The van der Waals surface area contributed by atoms with Crippen molar-refractivity contribution in [3.05, 3.63) is 58.4 Å². The van der Waals surface area contributed by atoms with E-state index in [1.807, 2.05) is 28.7 Å². The van der Waals surface area contributed by atoms with E-state index in [9.17, 15) is 10.1 Å². The largest absolute Gasteiger partial charge is 0.494 e. The van der Waals surface area contributed by atoms with Gasteiger partial charge in [0.25, 0.3) is 5.69 Å². The molecule has 1 aromatic carbocycles. The Balaban J connectivity index is 1.74. The van der Waals surface area contributed by atoms with Gasteiger partial charge in [0.1, 0.15) is 11.4 Å². The molecule has 3 aromatic rings. The van der Waals surface area contributed by atoms with Crippen LogP contribution in [0.3, 0.4) is 0 Å². The van der Waals surface area contributed by atoms with E-state index >= 15 is 0 Å². The smallest absolute Gasteiger partial charge is 0.286 e. The molecule has 3 heterocycles. The van der Waals surface area contributed by atoms with E-state index in [4.69, 9.17) is 9.72 Å². The molecular formula is C22H27N5O3. The molecule has 0 spiro atoms. The Morgan fingerprint density at radius 2 is 2.00 bits per heavy atom. The zero-order chi connectivity index (χ0) is 20.9. The van der Waals surface area contributed by atoms with Crippen molar-refractivity contribution in [2.75, 3.05) is 32.8 Å². The fourth-order valence-corrected chi connectivity index (χ4v) is 3.77. The van der Waals surface area contributed by atoms with Gasteiger partial charge >= 0.3 is 0 Å². The number of imidazole rings is 1. The van der Waals surface area contributed by atoms with E-state index in [-0.39, 0.29) is 10.6 Å². The molecule has 4 rings (SSSR count). The number of nitro groups is 1. The van der Waals surface area contributed by atoms with Crippen molar-refractivity contribution in [3.63, 3.8) is 0 Å². The number of nitrogens with zero attached hydrogens (tertiary/aromatic N) is 4. The van der Waals surface area contributed by atoms with Gasteiger partial charge in [-0.2, -0.15) is 0 Å². The molecule has 1 aliphatic heterocycles. The first kappa shape index (κ1) is 20.3. The minimum absolute atomic E-state index is 0.0635. The van der Waals surface area contributed by atoms with Crippen LogP contribution in [0.25, 0.3) is 16.9 Å². The highest BCUT2D eigenvalue weighted by atomic mass is 16.6. The highest BCUT2D eigenvalue weighted by molar-refractivity contribution is 5.67. The number of fused-ring (bicyclic) bond motifs is 1. The van der Waals surface area contributed by atoms with E-state index in [1.54, 1.807) is 12.3 Å². The zero-order valence-corrected chi connectivity index (χ0v) is 17.2. The molecule has 0 aliphatic carbocycles. The van der Waals surface area contributed by atoms with Gasteiger partial charge in [0.15, 0.2) is 0 Å². The molecule has 0 saturated carbocycles. The van der Waals surface area contributed by atoms with Crippen LogP contribution in [0.15, 0.2) is 42.6 Å². The quantitative estimate of drug-likeness (QED) is 0.475. The molecule has 0 unspecified atom stereocenters. The van der Waals surface area contributed by atoms with Crippen LogP contribution in [0, 0.1) is 10.1 Å². The van der Waals surface area contributed by atoms with Crippen molar-refractivity contribution in [1.29, 1.82) is 0 Å². The topological polar surface area (TPSA) is 84.9 Å². The minimum Gasteiger partial charge on any atom is -0.494 e. The van der Waals surface area contributed by atoms with Gasteiger partial charge in [-0.15, -0.1) is 0 Å². The Kier molecular flexibility index (Phi) is 6.25.